The topological polar surface area (TPSA) is 69.4 Å². The van der Waals surface area contributed by atoms with Crippen molar-refractivity contribution >= 4 is 39.6 Å². The first-order valence-electron chi connectivity index (χ1n) is 10.6. The Morgan fingerprint density at radius 2 is 2.07 bits per heavy atom. The van der Waals surface area contributed by atoms with Gasteiger partial charge in [-0.1, -0.05) is 18.7 Å². The fourth-order valence-electron chi connectivity index (χ4n) is 4.49. The quantitative estimate of drug-likeness (QED) is 0.602. The van der Waals surface area contributed by atoms with Gasteiger partial charge < -0.3 is 14.2 Å². The molecule has 0 spiro atoms. The number of piperidine rings is 1. The lowest BCUT2D eigenvalue weighted by molar-refractivity contribution is -0.133. The third-order valence-corrected chi connectivity index (χ3v) is 7.38. The lowest BCUT2D eigenvalue weighted by Crippen LogP contribution is -2.40. The zero-order valence-electron chi connectivity index (χ0n) is 17.4. The summed E-state index contributed by atoms with van der Waals surface area (Å²) in [6.07, 6.45) is 3.01. The molecular formula is C22H26N4O3S. The number of fused-ring (bicyclic) bond motifs is 4. The molecule has 1 aromatic carbocycles. The first kappa shape index (κ1) is 19.5. The van der Waals surface area contributed by atoms with E-state index < -0.39 is 0 Å². The Hall–Kier alpha value is -2.48. The predicted octanol–water partition coefficient (Wildman–Crippen LogP) is 3.11. The van der Waals surface area contributed by atoms with Crippen molar-refractivity contribution in [2.24, 2.45) is 5.92 Å². The molecule has 2 aromatic heterocycles. The van der Waals surface area contributed by atoms with E-state index in [9.17, 15) is 9.59 Å². The number of nitrogens with zero attached hydrogens (tertiary/aromatic N) is 4. The second kappa shape index (κ2) is 7.65. The fourth-order valence-corrected chi connectivity index (χ4v) is 5.44. The van der Waals surface area contributed by atoms with Crippen LogP contribution in [-0.2, 0) is 17.9 Å². The highest BCUT2D eigenvalue weighted by Crippen LogP contribution is 2.32. The molecule has 30 heavy (non-hydrogen) atoms. The van der Waals surface area contributed by atoms with Gasteiger partial charge in [-0.15, -0.1) is 0 Å². The largest absolute Gasteiger partial charge is 0.497 e. The van der Waals surface area contributed by atoms with Gasteiger partial charge in [0.05, 0.1) is 12.6 Å². The summed E-state index contributed by atoms with van der Waals surface area (Å²) in [6.45, 7) is 4.63. The number of hydrogen-bond donors (Lipinski definition) is 0. The van der Waals surface area contributed by atoms with Gasteiger partial charge in [-0.3, -0.25) is 14.2 Å². The van der Waals surface area contributed by atoms with E-state index in [-0.39, 0.29) is 18.0 Å². The molecule has 8 heteroatoms. The summed E-state index contributed by atoms with van der Waals surface area (Å²) in [5, 5.41) is 1.62. The summed E-state index contributed by atoms with van der Waals surface area (Å²) in [5.74, 6) is 2.40. The Kier molecular flexibility index (Phi) is 4.97. The molecule has 3 aromatic rings. The van der Waals surface area contributed by atoms with Crippen LogP contribution >= 0.6 is 11.8 Å². The van der Waals surface area contributed by atoms with Crippen molar-refractivity contribution in [1.29, 1.82) is 0 Å². The molecule has 4 heterocycles. The monoisotopic (exact) mass is 426 g/mol. The number of carbonyl (C=O) groups is 1. The van der Waals surface area contributed by atoms with Gasteiger partial charge in [-0.25, -0.2) is 4.98 Å². The van der Waals surface area contributed by atoms with Crippen molar-refractivity contribution in [3.8, 4) is 5.75 Å². The van der Waals surface area contributed by atoms with Crippen LogP contribution in [0.25, 0.3) is 21.9 Å². The number of methoxy groups -OCH3 is 1. The van der Waals surface area contributed by atoms with Gasteiger partial charge in [-0.2, -0.15) is 0 Å². The zero-order valence-corrected chi connectivity index (χ0v) is 18.2. The number of amides is 1. The number of likely N-dealkylation sites (tertiary alicyclic amines) is 1. The molecule has 0 N–H and O–H groups in total. The van der Waals surface area contributed by atoms with Crippen LogP contribution in [0.3, 0.4) is 0 Å². The summed E-state index contributed by atoms with van der Waals surface area (Å²) < 4.78 is 9.04. The van der Waals surface area contributed by atoms with Gasteiger partial charge in [-0.05, 0) is 43.4 Å². The van der Waals surface area contributed by atoms with Gasteiger partial charge in [0.2, 0.25) is 5.91 Å². The van der Waals surface area contributed by atoms with E-state index in [0.717, 1.165) is 54.2 Å². The van der Waals surface area contributed by atoms with Crippen LogP contribution in [0, 0.1) is 5.92 Å². The van der Waals surface area contributed by atoms with E-state index in [4.69, 9.17) is 9.72 Å². The standard InChI is InChI=1S/C22H26N4O3S/c1-14-6-9-24(10-7-14)18(27)13-26-17-5-4-15(29-2)12-16(17)19-20(26)21(28)25-8-3-11-30-22(25)23-19/h4-5,12,14H,3,6-11,13H2,1-2H3. The van der Waals surface area contributed by atoms with Crippen molar-refractivity contribution in [2.45, 2.75) is 44.4 Å². The minimum Gasteiger partial charge on any atom is -0.497 e. The van der Waals surface area contributed by atoms with Crippen molar-refractivity contribution in [1.82, 2.24) is 19.0 Å². The number of aromatic nitrogens is 3. The second-order valence-electron chi connectivity index (χ2n) is 8.28. The van der Waals surface area contributed by atoms with Gasteiger partial charge >= 0.3 is 0 Å². The Balaban J connectivity index is 1.67. The van der Waals surface area contributed by atoms with Gasteiger partial charge in [0.15, 0.2) is 5.16 Å². The van der Waals surface area contributed by atoms with Crippen LogP contribution in [0.15, 0.2) is 28.2 Å². The normalized spacial score (nSPS) is 17.5. The van der Waals surface area contributed by atoms with Gasteiger partial charge in [0.1, 0.15) is 23.3 Å². The third-order valence-electron chi connectivity index (χ3n) is 6.32. The van der Waals surface area contributed by atoms with E-state index in [0.29, 0.717) is 29.2 Å². The first-order valence-corrected chi connectivity index (χ1v) is 11.6. The van der Waals surface area contributed by atoms with Crippen LogP contribution in [0.5, 0.6) is 5.75 Å². The molecule has 0 aliphatic carbocycles. The smallest absolute Gasteiger partial charge is 0.278 e. The molecular weight excluding hydrogens is 400 g/mol. The Bertz CT molecular complexity index is 1190. The van der Waals surface area contributed by atoms with Gasteiger partial charge in [0.25, 0.3) is 5.56 Å². The number of rotatable bonds is 3. The molecule has 1 amide bonds. The van der Waals surface area contributed by atoms with E-state index >= 15 is 0 Å². The SMILES string of the molecule is COc1ccc2c(c1)c1nc3n(c(=O)c1n2CC(=O)N1CCC(C)CC1)CCCS3. The number of thioether (sulfide) groups is 1. The minimum absolute atomic E-state index is 0.0579. The van der Waals surface area contributed by atoms with Crippen LogP contribution in [0.1, 0.15) is 26.2 Å². The molecule has 1 saturated heterocycles. The van der Waals surface area contributed by atoms with Crippen molar-refractivity contribution < 1.29 is 9.53 Å². The second-order valence-corrected chi connectivity index (χ2v) is 9.35. The summed E-state index contributed by atoms with van der Waals surface area (Å²) in [5.41, 5.74) is 1.97. The van der Waals surface area contributed by atoms with Crippen molar-refractivity contribution in [2.75, 3.05) is 26.0 Å². The molecule has 0 saturated carbocycles. The lowest BCUT2D eigenvalue weighted by Gasteiger charge is -2.30. The summed E-state index contributed by atoms with van der Waals surface area (Å²) in [7, 11) is 1.63. The first-order chi connectivity index (χ1) is 14.6. The average Bonchev–Trinajstić information content (AvgIpc) is 3.07. The molecule has 0 bridgehead atoms. The molecule has 5 rings (SSSR count). The Labute approximate surface area is 179 Å². The van der Waals surface area contributed by atoms with E-state index in [1.165, 1.54) is 0 Å². The number of benzene rings is 1. The molecule has 0 unspecified atom stereocenters. The number of hydrogen-bond acceptors (Lipinski definition) is 5. The molecule has 7 nitrogen and oxygen atoms in total. The highest BCUT2D eigenvalue weighted by molar-refractivity contribution is 7.99. The molecule has 0 atom stereocenters. The highest BCUT2D eigenvalue weighted by Gasteiger charge is 2.25. The highest BCUT2D eigenvalue weighted by atomic mass is 32.2. The third kappa shape index (κ3) is 3.17. The fraction of sp³-hybridized carbons (Fsp3) is 0.500. The maximum atomic E-state index is 13.5. The summed E-state index contributed by atoms with van der Waals surface area (Å²) >= 11 is 1.62. The van der Waals surface area contributed by atoms with E-state index in [2.05, 4.69) is 6.92 Å². The van der Waals surface area contributed by atoms with Crippen LogP contribution in [-0.4, -0.2) is 50.9 Å². The van der Waals surface area contributed by atoms with E-state index in [1.54, 1.807) is 23.4 Å². The van der Waals surface area contributed by atoms with Crippen LogP contribution < -0.4 is 10.3 Å². The maximum Gasteiger partial charge on any atom is 0.278 e. The average molecular weight is 427 g/mol. The molecule has 2 aliphatic heterocycles. The molecule has 1 fully saturated rings. The molecule has 158 valence electrons. The van der Waals surface area contributed by atoms with Crippen molar-refractivity contribution in [3.05, 3.63) is 28.6 Å². The predicted molar refractivity (Wildman–Crippen MR) is 118 cm³/mol. The molecule has 0 radical (unpaired) electrons. The Morgan fingerprint density at radius 3 is 2.83 bits per heavy atom. The van der Waals surface area contributed by atoms with Gasteiger partial charge in [0, 0.05) is 30.8 Å². The number of ether oxygens (including phenoxy) is 1. The van der Waals surface area contributed by atoms with Crippen LogP contribution in [0.2, 0.25) is 0 Å². The minimum atomic E-state index is -0.0579. The summed E-state index contributed by atoms with van der Waals surface area (Å²) in [4.78, 5) is 33.4. The van der Waals surface area contributed by atoms with E-state index in [1.807, 2.05) is 27.7 Å². The number of carbonyl (C=O) groups excluding carboxylic acids is 1. The zero-order chi connectivity index (χ0) is 20.8. The maximum absolute atomic E-state index is 13.5. The summed E-state index contributed by atoms with van der Waals surface area (Å²) in [6, 6.07) is 5.72. The Morgan fingerprint density at radius 1 is 1.27 bits per heavy atom. The lowest BCUT2D eigenvalue weighted by atomic mass is 9.99. The van der Waals surface area contributed by atoms with Crippen molar-refractivity contribution in [3.63, 3.8) is 0 Å². The molecule has 2 aliphatic rings. The van der Waals surface area contributed by atoms with Crippen LogP contribution in [0.4, 0.5) is 0 Å².